The average molecular weight is 926 g/mol. The summed E-state index contributed by atoms with van der Waals surface area (Å²) in [5.74, 6) is 0. The number of hydrogen-bond donors (Lipinski definition) is 0. The van der Waals surface area contributed by atoms with Crippen LogP contribution >= 0.6 is 11.3 Å². The summed E-state index contributed by atoms with van der Waals surface area (Å²) in [5.41, 5.74) is 17.5. The van der Waals surface area contributed by atoms with E-state index in [9.17, 15) is 0 Å². The monoisotopic (exact) mass is 925 g/mol. The van der Waals surface area contributed by atoms with E-state index in [2.05, 4.69) is 277 Å². The molecule has 0 atom stereocenters. The molecule has 1 aliphatic rings. The van der Waals surface area contributed by atoms with Crippen LogP contribution in [0.25, 0.3) is 80.7 Å². The molecule has 0 aliphatic heterocycles. The van der Waals surface area contributed by atoms with Crippen molar-refractivity contribution >= 4 is 98.2 Å². The third kappa shape index (κ3) is 6.71. The van der Waals surface area contributed by atoms with Gasteiger partial charge >= 0.3 is 0 Å². The van der Waals surface area contributed by atoms with Gasteiger partial charge in [0.05, 0.1) is 11.0 Å². The fourth-order valence-corrected chi connectivity index (χ4v) is 12.6. The number of aromatic nitrogens is 1. The first kappa shape index (κ1) is 41.3. The van der Waals surface area contributed by atoms with Gasteiger partial charge in [-0.1, -0.05) is 153 Å². The van der Waals surface area contributed by atoms with Crippen molar-refractivity contribution in [3.8, 4) is 27.9 Å². The SMILES string of the molecule is CC1(C)c2ccccc2-c2ccc(N(c3ccccc3)c3cc(-c4ccc5c(c4)c4cc6ccccc6cc4n5-c4ccc5c(c4)sc4ccccc45)cc(N(c4ccccc4)c4ccccc4)c3)cc21. The second-order valence-electron chi connectivity index (χ2n) is 19.4. The molecule has 0 saturated carbocycles. The minimum atomic E-state index is -0.154. The van der Waals surface area contributed by atoms with Crippen LogP contribution in [0.2, 0.25) is 0 Å². The maximum absolute atomic E-state index is 2.48. The first-order valence-electron chi connectivity index (χ1n) is 24.5. The molecule has 71 heavy (non-hydrogen) atoms. The van der Waals surface area contributed by atoms with Crippen molar-refractivity contribution in [1.82, 2.24) is 4.57 Å². The van der Waals surface area contributed by atoms with Gasteiger partial charge in [-0.05, 0) is 153 Å². The minimum Gasteiger partial charge on any atom is -0.310 e. The molecule has 0 radical (unpaired) electrons. The predicted octanol–water partition coefficient (Wildman–Crippen LogP) is 19.2. The summed E-state index contributed by atoms with van der Waals surface area (Å²) < 4.78 is 5.08. The van der Waals surface area contributed by atoms with E-state index in [-0.39, 0.29) is 5.41 Å². The molecule has 4 heteroatoms. The summed E-state index contributed by atoms with van der Waals surface area (Å²) in [5, 5.41) is 7.52. The maximum Gasteiger partial charge on any atom is 0.0547 e. The van der Waals surface area contributed by atoms with Gasteiger partial charge in [-0.25, -0.2) is 0 Å². The van der Waals surface area contributed by atoms with E-state index in [1.807, 2.05) is 11.3 Å². The second-order valence-corrected chi connectivity index (χ2v) is 20.5. The van der Waals surface area contributed by atoms with Crippen LogP contribution in [-0.4, -0.2) is 4.57 Å². The van der Waals surface area contributed by atoms with E-state index in [4.69, 9.17) is 0 Å². The van der Waals surface area contributed by atoms with Gasteiger partial charge in [0.2, 0.25) is 0 Å². The molecule has 0 fully saturated rings. The van der Waals surface area contributed by atoms with Crippen LogP contribution in [0.3, 0.4) is 0 Å². The number of nitrogens with zero attached hydrogens (tertiary/aromatic N) is 3. The largest absolute Gasteiger partial charge is 0.310 e. The summed E-state index contributed by atoms with van der Waals surface area (Å²) >= 11 is 1.87. The normalized spacial score (nSPS) is 12.8. The van der Waals surface area contributed by atoms with E-state index >= 15 is 0 Å². The van der Waals surface area contributed by atoms with Gasteiger partial charge in [-0.2, -0.15) is 0 Å². The van der Waals surface area contributed by atoms with Crippen LogP contribution in [0.1, 0.15) is 25.0 Å². The van der Waals surface area contributed by atoms with E-state index < -0.39 is 0 Å². The lowest BCUT2D eigenvalue weighted by molar-refractivity contribution is 0.660. The molecule has 336 valence electrons. The van der Waals surface area contributed by atoms with Crippen LogP contribution < -0.4 is 9.80 Å². The van der Waals surface area contributed by atoms with Crippen LogP contribution in [0.4, 0.5) is 34.1 Å². The average Bonchev–Trinajstić information content (AvgIpc) is 4.03. The summed E-state index contributed by atoms with van der Waals surface area (Å²) in [6.45, 7) is 4.73. The fraction of sp³-hybridized carbons (Fsp3) is 0.0448. The lowest BCUT2D eigenvalue weighted by Gasteiger charge is -2.31. The van der Waals surface area contributed by atoms with Gasteiger partial charge in [0.15, 0.2) is 0 Å². The van der Waals surface area contributed by atoms with Gasteiger partial charge < -0.3 is 14.4 Å². The Balaban J connectivity index is 1.01. The molecule has 0 spiro atoms. The molecule has 14 rings (SSSR count). The quantitative estimate of drug-likeness (QED) is 0.150. The summed E-state index contributed by atoms with van der Waals surface area (Å²) in [6.07, 6.45) is 0. The number of benzene rings is 11. The van der Waals surface area contributed by atoms with Gasteiger partial charge in [0.1, 0.15) is 0 Å². The zero-order chi connectivity index (χ0) is 47.2. The highest BCUT2D eigenvalue weighted by molar-refractivity contribution is 7.25. The van der Waals surface area contributed by atoms with Crippen LogP contribution in [0, 0.1) is 0 Å². The molecule has 0 amide bonds. The number of anilines is 6. The van der Waals surface area contributed by atoms with Crippen molar-refractivity contribution in [2.45, 2.75) is 19.3 Å². The number of para-hydroxylation sites is 3. The Morgan fingerprint density at radius 3 is 1.63 bits per heavy atom. The second kappa shape index (κ2) is 16.2. The molecule has 2 heterocycles. The van der Waals surface area contributed by atoms with Gasteiger partial charge in [0, 0.05) is 76.2 Å². The van der Waals surface area contributed by atoms with E-state index in [0.29, 0.717) is 0 Å². The molecule has 0 unspecified atom stereocenters. The summed E-state index contributed by atoms with van der Waals surface area (Å²) in [4.78, 5) is 4.83. The third-order valence-electron chi connectivity index (χ3n) is 14.9. The zero-order valence-electron chi connectivity index (χ0n) is 39.4. The van der Waals surface area contributed by atoms with Crippen molar-refractivity contribution in [3.63, 3.8) is 0 Å². The number of rotatable bonds is 8. The Morgan fingerprint density at radius 1 is 0.338 bits per heavy atom. The van der Waals surface area contributed by atoms with E-state index in [0.717, 1.165) is 50.9 Å². The maximum atomic E-state index is 2.48. The Bertz CT molecular complexity index is 4170. The predicted molar refractivity (Wildman–Crippen MR) is 304 cm³/mol. The summed E-state index contributed by atoms with van der Waals surface area (Å²) in [6, 6.07) is 91.9. The van der Waals surface area contributed by atoms with Gasteiger partial charge in [-0.15, -0.1) is 11.3 Å². The standard InChI is InChI=1S/C67H47N3S/c1-67(2)61-28-16-14-26-55(61)56-33-31-51(42-62(56)67)69(50-24-10-5-11-25-50)54-37-47(36-53(41-54)68(48-20-6-3-7-21-48)49-22-8-4-9-23-49)46-30-35-63-59(39-46)60-38-44-18-12-13-19-45(44)40-64(60)70(63)52-32-34-58-57-27-15-17-29-65(57)71-66(58)43-52/h3-43H,1-2H3. The van der Waals surface area contributed by atoms with E-state index in [1.165, 1.54) is 75.0 Å². The lowest BCUT2D eigenvalue weighted by atomic mass is 9.82. The van der Waals surface area contributed by atoms with Crippen LogP contribution in [-0.2, 0) is 5.41 Å². The van der Waals surface area contributed by atoms with Crippen LogP contribution in [0.15, 0.2) is 249 Å². The van der Waals surface area contributed by atoms with E-state index in [1.54, 1.807) is 0 Å². The number of fused-ring (bicyclic) bond motifs is 10. The summed E-state index contributed by atoms with van der Waals surface area (Å²) in [7, 11) is 0. The lowest BCUT2D eigenvalue weighted by Crippen LogP contribution is -2.17. The molecular weight excluding hydrogens is 879 g/mol. The first-order valence-corrected chi connectivity index (χ1v) is 25.3. The molecule has 0 N–H and O–H groups in total. The number of hydrogen-bond acceptors (Lipinski definition) is 3. The highest BCUT2D eigenvalue weighted by atomic mass is 32.1. The highest BCUT2D eigenvalue weighted by Crippen LogP contribution is 2.52. The smallest absolute Gasteiger partial charge is 0.0547 e. The first-order chi connectivity index (χ1) is 34.9. The van der Waals surface area contributed by atoms with Crippen LogP contribution in [0.5, 0.6) is 0 Å². The van der Waals surface area contributed by atoms with Gasteiger partial charge in [0.25, 0.3) is 0 Å². The molecular formula is C67H47N3S. The molecule has 11 aromatic carbocycles. The zero-order valence-corrected chi connectivity index (χ0v) is 40.2. The van der Waals surface area contributed by atoms with Crippen molar-refractivity contribution in [2.75, 3.05) is 9.80 Å². The highest BCUT2D eigenvalue weighted by Gasteiger charge is 2.36. The Morgan fingerprint density at radius 2 is 0.915 bits per heavy atom. The fourth-order valence-electron chi connectivity index (χ4n) is 11.5. The Hall–Kier alpha value is -8.70. The molecule has 13 aromatic rings. The molecule has 2 aromatic heterocycles. The Kier molecular flexibility index (Phi) is 9.42. The Labute approximate surface area is 417 Å². The third-order valence-corrected chi connectivity index (χ3v) is 16.0. The van der Waals surface area contributed by atoms with Crippen molar-refractivity contribution in [1.29, 1.82) is 0 Å². The molecule has 0 saturated heterocycles. The van der Waals surface area contributed by atoms with Gasteiger partial charge in [-0.3, -0.25) is 0 Å². The molecule has 3 nitrogen and oxygen atoms in total. The molecule has 0 bridgehead atoms. The topological polar surface area (TPSA) is 11.4 Å². The van der Waals surface area contributed by atoms with Crippen molar-refractivity contribution < 1.29 is 0 Å². The number of thiophene rings is 1. The van der Waals surface area contributed by atoms with Crippen molar-refractivity contribution in [2.24, 2.45) is 0 Å². The molecule has 1 aliphatic carbocycles. The van der Waals surface area contributed by atoms with Crippen molar-refractivity contribution in [3.05, 3.63) is 260 Å². The minimum absolute atomic E-state index is 0.154.